The molecule has 2 N–H and O–H groups in total. The van der Waals surface area contributed by atoms with E-state index in [1.54, 1.807) is 7.11 Å². The molecule has 0 radical (unpaired) electrons. The first kappa shape index (κ1) is 15.9. The molecule has 98 valence electrons. The summed E-state index contributed by atoms with van der Waals surface area (Å²) in [6.07, 6.45) is 1.04. The zero-order valence-corrected chi connectivity index (χ0v) is 11.9. The van der Waals surface area contributed by atoms with E-state index in [4.69, 9.17) is 4.74 Å². The van der Waals surface area contributed by atoms with Crippen LogP contribution in [-0.4, -0.2) is 38.4 Å². The van der Waals surface area contributed by atoms with Crippen molar-refractivity contribution in [3.63, 3.8) is 0 Å². The van der Waals surface area contributed by atoms with E-state index in [-0.39, 0.29) is 5.60 Å². The smallest absolute Gasteiger partial charge is 0.0634 e. The van der Waals surface area contributed by atoms with Crippen molar-refractivity contribution in [2.45, 2.75) is 52.7 Å². The Balaban J connectivity index is 3.47. The number of methoxy groups -OCH3 is 1. The molecule has 0 amide bonds. The van der Waals surface area contributed by atoms with Crippen LogP contribution in [0.2, 0.25) is 0 Å². The number of hydrogen-bond donors (Lipinski definition) is 2. The summed E-state index contributed by atoms with van der Waals surface area (Å²) in [7, 11) is 1.77. The van der Waals surface area contributed by atoms with Crippen molar-refractivity contribution in [1.82, 2.24) is 10.6 Å². The predicted octanol–water partition coefficient (Wildman–Crippen LogP) is 2.03. The van der Waals surface area contributed by atoms with Crippen LogP contribution in [0.15, 0.2) is 0 Å². The van der Waals surface area contributed by atoms with Gasteiger partial charge in [0.1, 0.15) is 0 Å². The first-order chi connectivity index (χ1) is 7.37. The Morgan fingerprint density at radius 1 is 1.12 bits per heavy atom. The van der Waals surface area contributed by atoms with Crippen LogP contribution in [0.4, 0.5) is 0 Å². The molecular weight excluding hydrogens is 200 g/mol. The summed E-state index contributed by atoms with van der Waals surface area (Å²) in [5.41, 5.74) is -0.0158. The molecule has 0 aromatic rings. The second-order valence-corrected chi connectivity index (χ2v) is 5.62. The molecule has 0 fully saturated rings. The lowest BCUT2D eigenvalue weighted by Crippen LogP contribution is -2.40. The summed E-state index contributed by atoms with van der Waals surface area (Å²) in [6, 6.07) is 0.520. The molecule has 0 saturated carbocycles. The average Bonchev–Trinajstić information content (AvgIpc) is 2.17. The van der Waals surface area contributed by atoms with E-state index in [0.29, 0.717) is 6.04 Å². The average molecular weight is 230 g/mol. The first-order valence-electron chi connectivity index (χ1n) is 6.36. The third-order valence-corrected chi connectivity index (χ3v) is 2.78. The van der Waals surface area contributed by atoms with Gasteiger partial charge in [-0.15, -0.1) is 0 Å². The van der Waals surface area contributed by atoms with E-state index in [1.165, 1.54) is 0 Å². The molecular formula is C13H30N2O. The van der Waals surface area contributed by atoms with E-state index in [1.807, 2.05) is 0 Å². The highest BCUT2D eigenvalue weighted by molar-refractivity contribution is 4.71. The maximum atomic E-state index is 5.38. The monoisotopic (exact) mass is 230 g/mol. The molecule has 0 bridgehead atoms. The van der Waals surface area contributed by atoms with Crippen LogP contribution in [0, 0.1) is 5.92 Å². The van der Waals surface area contributed by atoms with E-state index in [2.05, 4.69) is 45.3 Å². The van der Waals surface area contributed by atoms with Crippen molar-refractivity contribution in [3.05, 3.63) is 0 Å². The largest absolute Gasteiger partial charge is 0.379 e. The molecule has 0 aliphatic carbocycles. The maximum absolute atomic E-state index is 5.38. The van der Waals surface area contributed by atoms with Gasteiger partial charge in [-0.3, -0.25) is 0 Å². The van der Waals surface area contributed by atoms with Gasteiger partial charge in [-0.2, -0.15) is 0 Å². The SMILES string of the molecule is COC(C)(C)CCNC(C)CNCC(C)C. The van der Waals surface area contributed by atoms with Crippen LogP contribution < -0.4 is 10.6 Å². The molecule has 0 spiro atoms. The summed E-state index contributed by atoms with van der Waals surface area (Å²) in [6.45, 7) is 14.0. The Morgan fingerprint density at radius 2 is 1.75 bits per heavy atom. The van der Waals surface area contributed by atoms with Crippen LogP contribution in [-0.2, 0) is 4.74 Å². The molecule has 0 saturated heterocycles. The van der Waals surface area contributed by atoms with Gasteiger partial charge in [0.2, 0.25) is 0 Å². The second-order valence-electron chi connectivity index (χ2n) is 5.62. The quantitative estimate of drug-likeness (QED) is 0.636. The normalized spacial score (nSPS) is 14.4. The second kappa shape index (κ2) is 8.04. The van der Waals surface area contributed by atoms with Crippen LogP contribution in [0.3, 0.4) is 0 Å². The highest BCUT2D eigenvalue weighted by Crippen LogP contribution is 2.11. The minimum atomic E-state index is -0.0158. The van der Waals surface area contributed by atoms with E-state index < -0.39 is 0 Å². The summed E-state index contributed by atoms with van der Waals surface area (Å²) in [5, 5.41) is 6.96. The maximum Gasteiger partial charge on any atom is 0.0634 e. The molecule has 1 atom stereocenters. The number of nitrogens with one attached hydrogen (secondary N) is 2. The Kier molecular flexibility index (Phi) is 7.98. The zero-order chi connectivity index (χ0) is 12.6. The van der Waals surface area contributed by atoms with Gasteiger partial charge in [-0.25, -0.2) is 0 Å². The summed E-state index contributed by atoms with van der Waals surface area (Å²) in [4.78, 5) is 0. The van der Waals surface area contributed by atoms with Crippen LogP contribution in [0.1, 0.15) is 41.0 Å². The first-order valence-corrected chi connectivity index (χ1v) is 6.36. The van der Waals surface area contributed by atoms with E-state index in [0.717, 1.165) is 32.0 Å². The Hall–Kier alpha value is -0.120. The highest BCUT2D eigenvalue weighted by Gasteiger charge is 2.15. The van der Waals surface area contributed by atoms with Gasteiger partial charge in [0.15, 0.2) is 0 Å². The fourth-order valence-corrected chi connectivity index (χ4v) is 1.38. The molecule has 0 heterocycles. The minimum Gasteiger partial charge on any atom is -0.379 e. The molecule has 0 aliphatic rings. The van der Waals surface area contributed by atoms with Gasteiger partial charge in [0.25, 0.3) is 0 Å². The molecule has 0 aromatic carbocycles. The highest BCUT2D eigenvalue weighted by atomic mass is 16.5. The van der Waals surface area contributed by atoms with E-state index >= 15 is 0 Å². The van der Waals surface area contributed by atoms with Crippen molar-refractivity contribution in [2.75, 3.05) is 26.7 Å². The number of ether oxygens (including phenoxy) is 1. The lowest BCUT2D eigenvalue weighted by molar-refractivity contribution is 0.0154. The van der Waals surface area contributed by atoms with Gasteiger partial charge in [-0.05, 0) is 46.2 Å². The van der Waals surface area contributed by atoms with Gasteiger partial charge < -0.3 is 15.4 Å². The molecule has 0 rings (SSSR count). The van der Waals surface area contributed by atoms with Crippen LogP contribution in [0.5, 0.6) is 0 Å². The molecule has 0 aromatic heterocycles. The van der Waals surface area contributed by atoms with Crippen LogP contribution in [0.25, 0.3) is 0 Å². The summed E-state index contributed by atoms with van der Waals surface area (Å²) in [5.74, 6) is 0.722. The van der Waals surface area contributed by atoms with Crippen molar-refractivity contribution in [2.24, 2.45) is 5.92 Å². The minimum absolute atomic E-state index is 0.0158. The standard InChI is InChI=1S/C13H30N2O/c1-11(2)9-14-10-12(3)15-8-7-13(4,5)16-6/h11-12,14-15H,7-10H2,1-6H3. The molecule has 16 heavy (non-hydrogen) atoms. The van der Waals surface area contributed by atoms with Crippen molar-refractivity contribution >= 4 is 0 Å². The summed E-state index contributed by atoms with van der Waals surface area (Å²) >= 11 is 0. The lowest BCUT2D eigenvalue weighted by atomic mass is 10.1. The summed E-state index contributed by atoms with van der Waals surface area (Å²) < 4.78 is 5.38. The third kappa shape index (κ3) is 9.13. The van der Waals surface area contributed by atoms with Gasteiger partial charge in [0.05, 0.1) is 5.60 Å². The molecule has 3 heteroatoms. The Bertz CT molecular complexity index is 169. The van der Waals surface area contributed by atoms with Gasteiger partial charge in [-0.1, -0.05) is 13.8 Å². The van der Waals surface area contributed by atoms with Gasteiger partial charge in [0, 0.05) is 19.7 Å². The third-order valence-electron chi connectivity index (χ3n) is 2.78. The lowest BCUT2D eigenvalue weighted by Gasteiger charge is -2.24. The van der Waals surface area contributed by atoms with Crippen LogP contribution >= 0.6 is 0 Å². The molecule has 3 nitrogen and oxygen atoms in total. The Morgan fingerprint density at radius 3 is 2.25 bits per heavy atom. The molecule has 1 unspecified atom stereocenters. The van der Waals surface area contributed by atoms with Crippen molar-refractivity contribution in [3.8, 4) is 0 Å². The fourth-order valence-electron chi connectivity index (χ4n) is 1.38. The predicted molar refractivity (Wildman–Crippen MR) is 70.9 cm³/mol. The number of rotatable bonds is 9. The number of hydrogen-bond acceptors (Lipinski definition) is 3. The van der Waals surface area contributed by atoms with Crippen molar-refractivity contribution < 1.29 is 4.74 Å². The fraction of sp³-hybridized carbons (Fsp3) is 1.00. The molecule has 0 aliphatic heterocycles. The topological polar surface area (TPSA) is 33.3 Å². The van der Waals surface area contributed by atoms with E-state index in [9.17, 15) is 0 Å². The van der Waals surface area contributed by atoms with Crippen molar-refractivity contribution in [1.29, 1.82) is 0 Å². The Labute approximate surface area is 101 Å². The van der Waals surface area contributed by atoms with Gasteiger partial charge >= 0.3 is 0 Å². The zero-order valence-electron chi connectivity index (χ0n) is 11.9.